The maximum Gasteiger partial charge on any atom is 0.165 e. The van der Waals surface area contributed by atoms with Crippen LogP contribution in [0.4, 0.5) is 0 Å². The normalized spacial score (nSPS) is 15.3. The number of ketones is 1. The van der Waals surface area contributed by atoms with Crippen molar-refractivity contribution in [3.63, 3.8) is 0 Å². The number of hydrogen-bond donors (Lipinski definition) is 0. The van der Waals surface area contributed by atoms with Gasteiger partial charge in [0.25, 0.3) is 0 Å². The van der Waals surface area contributed by atoms with E-state index in [4.69, 9.17) is 4.74 Å². The minimum Gasteiger partial charge on any atom is -0.370 e. The lowest BCUT2D eigenvalue weighted by Crippen LogP contribution is -2.21. The van der Waals surface area contributed by atoms with Gasteiger partial charge in [0.15, 0.2) is 5.78 Å². The second-order valence-electron chi connectivity index (χ2n) is 4.99. The number of carbonyl (C=O) groups is 1. The zero-order valence-corrected chi connectivity index (χ0v) is 12.3. The van der Waals surface area contributed by atoms with Crippen molar-refractivity contribution >= 4 is 11.5 Å². The van der Waals surface area contributed by atoms with Crippen molar-refractivity contribution in [1.82, 2.24) is 4.98 Å². The predicted octanol–water partition coefficient (Wildman–Crippen LogP) is 3.10. The molecule has 1 unspecified atom stereocenters. The van der Waals surface area contributed by atoms with Crippen LogP contribution in [0.5, 0.6) is 0 Å². The fourth-order valence-electron chi connectivity index (χ4n) is 2.06. The largest absolute Gasteiger partial charge is 0.370 e. The first-order valence-electron chi connectivity index (χ1n) is 7.12. The highest BCUT2D eigenvalue weighted by molar-refractivity contribution is 6.03. The number of aliphatic imine (C=N–C) groups is 1. The van der Waals surface area contributed by atoms with Crippen LogP contribution in [0.25, 0.3) is 0 Å². The molecule has 4 heteroatoms. The molecule has 0 spiro atoms. The van der Waals surface area contributed by atoms with Gasteiger partial charge in [-0.25, -0.2) is 0 Å². The van der Waals surface area contributed by atoms with Crippen LogP contribution in [-0.2, 0) is 9.53 Å². The highest BCUT2D eigenvalue weighted by atomic mass is 16.5. The SMILES string of the molecule is C=CCCOC(C)C(=O)CC1=CN=C(c2ccccn2)C1. The van der Waals surface area contributed by atoms with Crippen LogP contribution in [0.3, 0.4) is 0 Å². The Labute approximate surface area is 125 Å². The molecule has 0 bridgehead atoms. The van der Waals surface area contributed by atoms with Crippen molar-refractivity contribution in [1.29, 1.82) is 0 Å². The number of allylic oxidation sites excluding steroid dienone is 1. The van der Waals surface area contributed by atoms with E-state index >= 15 is 0 Å². The number of pyridine rings is 1. The molecule has 0 N–H and O–H groups in total. The molecule has 2 heterocycles. The van der Waals surface area contributed by atoms with E-state index < -0.39 is 0 Å². The number of Topliss-reactive ketones (excluding diaryl/α,β-unsaturated/α-hetero) is 1. The first-order valence-corrected chi connectivity index (χ1v) is 7.12. The second kappa shape index (κ2) is 7.64. The van der Waals surface area contributed by atoms with Gasteiger partial charge in [-0.05, 0) is 31.1 Å². The third-order valence-corrected chi connectivity index (χ3v) is 3.30. The molecule has 0 fully saturated rings. The van der Waals surface area contributed by atoms with Crippen LogP contribution < -0.4 is 0 Å². The Bertz CT molecular complexity index is 561. The number of carbonyl (C=O) groups excluding carboxylic acids is 1. The summed E-state index contributed by atoms with van der Waals surface area (Å²) in [7, 11) is 0. The van der Waals surface area contributed by atoms with E-state index in [0.717, 1.165) is 23.4 Å². The van der Waals surface area contributed by atoms with Gasteiger partial charge in [0.05, 0.1) is 18.0 Å². The van der Waals surface area contributed by atoms with Crippen molar-refractivity contribution in [3.8, 4) is 0 Å². The van der Waals surface area contributed by atoms with Crippen molar-refractivity contribution in [3.05, 3.63) is 54.5 Å². The molecular weight excluding hydrogens is 264 g/mol. The minimum absolute atomic E-state index is 0.0859. The van der Waals surface area contributed by atoms with Gasteiger partial charge in [0.1, 0.15) is 6.10 Å². The summed E-state index contributed by atoms with van der Waals surface area (Å²) in [6.07, 6.45) is 6.74. The maximum absolute atomic E-state index is 12.1. The van der Waals surface area contributed by atoms with Crippen molar-refractivity contribution < 1.29 is 9.53 Å². The van der Waals surface area contributed by atoms with Crippen LogP contribution in [0.1, 0.15) is 31.9 Å². The molecule has 1 aliphatic heterocycles. The predicted molar refractivity (Wildman–Crippen MR) is 83.3 cm³/mol. The Morgan fingerprint density at radius 1 is 1.52 bits per heavy atom. The van der Waals surface area contributed by atoms with Gasteiger partial charge in [0, 0.05) is 25.2 Å². The van der Waals surface area contributed by atoms with E-state index in [2.05, 4.69) is 16.6 Å². The topological polar surface area (TPSA) is 51.5 Å². The van der Waals surface area contributed by atoms with Crippen LogP contribution in [0.15, 0.2) is 53.8 Å². The Balaban J connectivity index is 1.81. The number of ether oxygens (including phenoxy) is 1. The minimum atomic E-state index is -0.384. The molecule has 1 aromatic rings. The molecule has 2 rings (SSSR count). The molecule has 0 amide bonds. The van der Waals surface area contributed by atoms with Crippen molar-refractivity contribution in [2.75, 3.05) is 6.61 Å². The van der Waals surface area contributed by atoms with Gasteiger partial charge in [0.2, 0.25) is 0 Å². The van der Waals surface area contributed by atoms with E-state index in [9.17, 15) is 4.79 Å². The third kappa shape index (κ3) is 4.46. The summed E-state index contributed by atoms with van der Waals surface area (Å²) < 4.78 is 5.47. The summed E-state index contributed by atoms with van der Waals surface area (Å²) in [6, 6.07) is 5.74. The zero-order valence-electron chi connectivity index (χ0n) is 12.3. The lowest BCUT2D eigenvalue weighted by Gasteiger charge is -2.11. The monoisotopic (exact) mass is 284 g/mol. The fraction of sp³-hybridized carbons (Fsp3) is 0.353. The molecular formula is C17H20N2O2. The van der Waals surface area contributed by atoms with Gasteiger partial charge in [-0.15, -0.1) is 6.58 Å². The van der Waals surface area contributed by atoms with E-state index in [0.29, 0.717) is 19.4 Å². The molecule has 0 saturated heterocycles. The van der Waals surface area contributed by atoms with Gasteiger partial charge < -0.3 is 4.74 Å². The molecule has 110 valence electrons. The highest BCUT2D eigenvalue weighted by Crippen LogP contribution is 2.20. The Morgan fingerprint density at radius 2 is 2.38 bits per heavy atom. The van der Waals surface area contributed by atoms with Gasteiger partial charge in [-0.1, -0.05) is 12.1 Å². The van der Waals surface area contributed by atoms with E-state index in [1.54, 1.807) is 25.4 Å². The van der Waals surface area contributed by atoms with Gasteiger partial charge >= 0.3 is 0 Å². The summed E-state index contributed by atoms with van der Waals surface area (Å²) in [5.74, 6) is 0.0859. The lowest BCUT2D eigenvalue weighted by molar-refractivity contribution is -0.128. The standard InChI is InChI=1S/C17H20N2O2/c1-3-4-9-21-13(2)17(20)11-14-10-16(19-12-14)15-7-5-6-8-18-15/h3,5-8,12-13H,1,4,9-11H2,2H3. The van der Waals surface area contributed by atoms with E-state index in [-0.39, 0.29) is 11.9 Å². The summed E-state index contributed by atoms with van der Waals surface area (Å²) >= 11 is 0. The summed E-state index contributed by atoms with van der Waals surface area (Å²) in [4.78, 5) is 20.7. The number of nitrogens with zero attached hydrogens (tertiary/aromatic N) is 2. The Morgan fingerprint density at radius 3 is 3.10 bits per heavy atom. The third-order valence-electron chi connectivity index (χ3n) is 3.30. The smallest absolute Gasteiger partial charge is 0.165 e. The lowest BCUT2D eigenvalue weighted by atomic mass is 10.0. The van der Waals surface area contributed by atoms with E-state index in [1.807, 2.05) is 18.2 Å². The average Bonchev–Trinajstić information content (AvgIpc) is 2.97. The van der Waals surface area contributed by atoms with Crippen molar-refractivity contribution in [2.24, 2.45) is 4.99 Å². The molecule has 4 nitrogen and oxygen atoms in total. The second-order valence-corrected chi connectivity index (χ2v) is 4.99. The fourth-order valence-corrected chi connectivity index (χ4v) is 2.06. The first-order chi connectivity index (χ1) is 10.2. The molecule has 1 aromatic heterocycles. The highest BCUT2D eigenvalue weighted by Gasteiger charge is 2.19. The number of hydrogen-bond acceptors (Lipinski definition) is 4. The van der Waals surface area contributed by atoms with Crippen LogP contribution in [0, 0.1) is 0 Å². The van der Waals surface area contributed by atoms with Gasteiger partial charge in [-0.2, -0.15) is 0 Å². The zero-order chi connectivity index (χ0) is 15.1. The number of rotatable bonds is 8. The Hall–Kier alpha value is -2.07. The van der Waals surface area contributed by atoms with Gasteiger partial charge in [-0.3, -0.25) is 14.8 Å². The number of aromatic nitrogens is 1. The molecule has 21 heavy (non-hydrogen) atoms. The van der Waals surface area contributed by atoms with Crippen molar-refractivity contribution in [2.45, 2.75) is 32.3 Å². The quantitative estimate of drug-likeness (QED) is 0.544. The summed E-state index contributed by atoms with van der Waals surface area (Å²) in [5.41, 5.74) is 2.80. The molecule has 1 atom stereocenters. The van der Waals surface area contributed by atoms with Crippen LogP contribution in [0.2, 0.25) is 0 Å². The molecule has 0 radical (unpaired) electrons. The molecule has 1 aliphatic rings. The average molecular weight is 284 g/mol. The molecule has 0 saturated carbocycles. The maximum atomic E-state index is 12.1. The van der Waals surface area contributed by atoms with Crippen LogP contribution >= 0.6 is 0 Å². The summed E-state index contributed by atoms with van der Waals surface area (Å²) in [5, 5.41) is 0. The molecule has 0 aliphatic carbocycles. The Kier molecular flexibility index (Phi) is 5.58. The summed E-state index contributed by atoms with van der Waals surface area (Å²) in [6.45, 7) is 5.95. The molecule has 0 aromatic carbocycles. The van der Waals surface area contributed by atoms with E-state index in [1.165, 1.54) is 0 Å². The van der Waals surface area contributed by atoms with Crippen LogP contribution in [-0.4, -0.2) is 29.2 Å². The first kappa shape index (κ1) is 15.3.